The molecule has 1 heterocycles. The Hall–Kier alpha value is -3.12. The van der Waals surface area contributed by atoms with Gasteiger partial charge in [0.25, 0.3) is 5.56 Å². The zero-order chi connectivity index (χ0) is 21.0. The van der Waals surface area contributed by atoms with Crippen molar-refractivity contribution < 1.29 is 9.69 Å². The van der Waals surface area contributed by atoms with E-state index in [1.165, 1.54) is 4.90 Å². The summed E-state index contributed by atoms with van der Waals surface area (Å²) in [5.41, 5.74) is 4.21. The number of hydrogen-bond acceptors (Lipinski definition) is 2. The monoisotopic (exact) mass is 393 g/mol. The number of quaternary nitrogens is 1. The van der Waals surface area contributed by atoms with Gasteiger partial charge in [-0.05, 0) is 49.2 Å². The number of likely N-dealkylation sites (N-methyl/N-ethyl adjacent to an activating group) is 1. The number of anilines is 1. The van der Waals surface area contributed by atoms with Gasteiger partial charge in [0.05, 0.1) is 33.7 Å². The first-order valence-electron chi connectivity index (χ1n) is 9.86. The molecule has 6 nitrogen and oxygen atoms in total. The van der Waals surface area contributed by atoms with E-state index in [4.69, 9.17) is 0 Å². The molecule has 0 aliphatic rings. The summed E-state index contributed by atoms with van der Waals surface area (Å²) >= 11 is 0. The number of urea groups is 1. The Kier molecular flexibility index (Phi) is 6.34. The van der Waals surface area contributed by atoms with Gasteiger partial charge in [0.1, 0.15) is 0 Å². The molecule has 0 saturated carbocycles. The smallest absolute Gasteiger partial charge is 0.322 e. The van der Waals surface area contributed by atoms with Crippen LogP contribution in [-0.4, -0.2) is 43.1 Å². The number of amides is 2. The molecule has 3 N–H and O–H groups in total. The normalized spacial score (nSPS) is 11.1. The summed E-state index contributed by atoms with van der Waals surface area (Å²) < 4.78 is 0. The lowest BCUT2D eigenvalue weighted by molar-refractivity contribution is -0.857. The van der Waals surface area contributed by atoms with Crippen molar-refractivity contribution in [3.8, 4) is 0 Å². The molecule has 2 aromatic carbocycles. The number of rotatable bonds is 6. The second-order valence-corrected chi connectivity index (χ2v) is 7.84. The fraction of sp³-hybridized carbons (Fsp3) is 0.304. The molecule has 0 fully saturated rings. The number of para-hydroxylation sites is 1. The summed E-state index contributed by atoms with van der Waals surface area (Å²) in [6.07, 6.45) is 0. The fourth-order valence-electron chi connectivity index (χ4n) is 3.37. The summed E-state index contributed by atoms with van der Waals surface area (Å²) in [5.74, 6) is 0. The quantitative estimate of drug-likeness (QED) is 0.602. The van der Waals surface area contributed by atoms with Gasteiger partial charge in [0.2, 0.25) is 0 Å². The van der Waals surface area contributed by atoms with Crippen molar-refractivity contribution in [3.05, 3.63) is 75.6 Å². The van der Waals surface area contributed by atoms with Crippen molar-refractivity contribution in [1.29, 1.82) is 0 Å². The number of pyridine rings is 1. The van der Waals surface area contributed by atoms with Crippen LogP contribution in [0.5, 0.6) is 0 Å². The van der Waals surface area contributed by atoms with Gasteiger partial charge in [-0.15, -0.1) is 0 Å². The molecule has 6 heteroatoms. The molecule has 0 unspecified atom stereocenters. The molecular weight excluding hydrogens is 364 g/mol. The highest BCUT2D eigenvalue weighted by molar-refractivity contribution is 5.89. The van der Waals surface area contributed by atoms with E-state index in [-0.39, 0.29) is 18.1 Å². The molecular formula is C23H29N4O2+. The Labute approximate surface area is 171 Å². The number of hydrogen-bond donors (Lipinski definition) is 3. The first-order valence-corrected chi connectivity index (χ1v) is 9.86. The molecule has 0 bridgehead atoms. The zero-order valence-electron chi connectivity index (χ0n) is 17.5. The molecule has 0 spiro atoms. The van der Waals surface area contributed by atoms with Gasteiger partial charge < -0.3 is 20.1 Å². The number of aromatic amines is 1. The fourth-order valence-corrected chi connectivity index (χ4v) is 3.37. The number of aromatic nitrogens is 1. The molecule has 3 aromatic rings. The predicted molar refractivity (Wildman–Crippen MR) is 118 cm³/mol. The van der Waals surface area contributed by atoms with Crippen molar-refractivity contribution in [2.45, 2.75) is 20.4 Å². The first-order chi connectivity index (χ1) is 13.8. The number of aryl methyl sites for hydroxylation is 2. The molecule has 29 heavy (non-hydrogen) atoms. The van der Waals surface area contributed by atoms with E-state index < -0.39 is 0 Å². The summed E-state index contributed by atoms with van der Waals surface area (Å²) in [7, 11) is 4.09. The molecule has 0 aliphatic heterocycles. The van der Waals surface area contributed by atoms with E-state index >= 15 is 0 Å². The minimum absolute atomic E-state index is 0.155. The third-order valence-corrected chi connectivity index (χ3v) is 4.94. The van der Waals surface area contributed by atoms with Crippen LogP contribution in [0.1, 0.15) is 16.7 Å². The number of carbonyl (C=O) groups is 1. The highest BCUT2D eigenvalue weighted by Gasteiger charge is 2.18. The summed E-state index contributed by atoms with van der Waals surface area (Å²) in [5, 5.41) is 3.93. The van der Waals surface area contributed by atoms with Crippen molar-refractivity contribution in [2.24, 2.45) is 0 Å². The van der Waals surface area contributed by atoms with Crippen LogP contribution < -0.4 is 15.8 Å². The zero-order valence-corrected chi connectivity index (χ0v) is 17.5. The van der Waals surface area contributed by atoms with Gasteiger partial charge in [-0.2, -0.15) is 0 Å². The average Bonchev–Trinajstić information content (AvgIpc) is 2.66. The largest absolute Gasteiger partial charge is 0.338 e. The van der Waals surface area contributed by atoms with Crippen LogP contribution in [-0.2, 0) is 6.54 Å². The lowest BCUT2D eigenvalue weighted by Gasteiger charge is -2.23. The van der Waals surface area contributed by atoms with E-state index in [0.29, 0.717) is 12.1 Å². The van der Waals surface area contributed by atoms with Crippen molar-refractivity contribution in [1.82, 2.24) is 9.88 Å². The van der Waals surface area contributed by atoms with Crippen LogP contribution in [0.3, 0.4) is 0 Å². The Morgan fingerprint density at radius 2 is 1.83 bits per heavy atom. The summed E-state index contributed by atoms with van der Waals surface area (Å²) in [6.45, 7) is 5.63. The van der Waals surface area contributed by atoms with Crippen LogP contribution >= 0.6 is 0 Å². The van der Waals surface area contributed by atoms with Crippen LogP contribution in [0, 0.1) is 13.8 Å². The van der Waals surface area contributed by atoms with Gasteiger partial charge in [-0.1, -0.05) is 24.3 Å². The van der Waals surface area contributed by atoms with Crippen molar-refractivity contribution in [3.63, 3.8) is 0 Å². The maximum Gasteiger partial charge on any atom is 0.322 e. The number of carbonyl (C=O) groups excluding carboxylic acids is 1. The predicted octanol–water partition coefficient (Wildman–Crippen LogP) is 2.32. The third-order valence-electron chi connectivity index (χ3n) is 4.94. The molecule has 152 valence electrons. The maximum atomic E-state index is 12.9. The second kappa shape index (κ2) is 8.92. The molecule has 2 amide bonds. The van der Waals surface area contributed by atoms with E-state index in [0.717, 1.165) is 34.3 Å². The molecule has 0 radical (unpaired) electrons. The first kappa shape index (κ1) is 20.6. The number of H-pyrrole nitrogens is 1. The maximum absolute atomic E-state index is 12.9. The lowest BCUT2D eigenvalue weighted by atomic mass is 10.0. The minimum atomic E-state index is -0.211. The standard InChI is InChI=1S/C23H28N4O2/c1-16-12-17(2)20-14-18(22(28)25-21(20)13-16)15-27(11-10-26(3)4)23(29)24-19-8-6-5-7-9-19/h5-9,12-14H,10-11,15H2,1-4H3,(H,24,29)(H,25,28)/p+1. The Balaban J connectivity index is 1.89. The van der Waals surface area contributed by atoms with Gasteiger partial charge >= 0.3 is 6.03 Å². The Bertz CT molecular complexity index is 1060. The number of fused-ring (bicyclic) bond motifs is 1. The average molecular weight is 394 g/mol. The minimum Gasteiger partial charge on any atom is -0.338 e. The van der Waals surface area contributed by atoms with E-state index in [2.05, 4.69) is 16.4 Å². The third kappa shape index (κ3) is 5.23. The lowest BCUT2D eigenvalue weighted by Crippen LogP contribution is -3.06. The van der Waals surface area contributed by atoms with E-state index in [1.807, 2.05) is 70.4 Å². The van der Waals surface area contributed by atoms with E-state index in [9.17, 15) is 9.59 Å². The second-order valence-electron chi connectivity index (χ2n) is 7.84. The van der Waals surface area contributed by atoms with Crippen LogP contribution in [0.2, 0.25) is 0 Å². The van der Waals surface area contributed by atoms with Crippen LogP contribution in [0.15, 0.2) is 53.3 Å². The number of nitrogens with one attached hydrogen (secondary N) is 3. The molecule has 0 atom stereocenters. The molecule has 0 saturated heterocycles. The van der Waals surface area contributed by atoms with Gasteiger partial charge in [-0.3, -0.25) is 4.79 Å². The highest BCUT2D eigenvalue weighted by Crippen LogP contribution is 2.19. The summed E-state index contributed by atoms with van der Waals surface area (Å²) in [6, 6.07) is 15.1. The molecule has 3 rings (SSSR count). The number of benzene rings is 2. The molecule has 0 aliphatic carbocycles. The Morgan fingerprint density at radius 1 is 1.10 bits per heavy atom. The van der Waals surface area contributed by atoms with Crippen LogP contribution in [0.25, 0.3) is 10.9 Å². The highest BCUT2D eigenvalue weighted by atomic mass is 16.2. The topological polar surface area (TPSA) is 69.6 Å². The summed E-state index contributed by atoms with van der Waals surface area (Å²) in [4.78, 5) is 31.5. The van der Waals surface area contributed by atoms with Gasteiger partial charge in [0, 0.05) is 22.2 Å². The Morgan fingerprint density at radius 3 is 2.52 bits per heavy atom. The van der Waals surface area contributed by atoms with Gasteiger partial charge in [-0.25, -0.2) is 4.79 Å². The SMILES string of the molecule is Cc1cc(C)c2cc(CN(CC[NH+](C)C)C(=O)Nc3ccccc3)c(=O)[nH]c2c1. The molecule has 1 aromatic heterocycles. The van der Waals surface area contributed by atoms with E-state index in [1.54, 1.807) is 4.90 Å². The van der Waals surface area contributed by atoms with Crippen molar-refractivity contribution >= 4 is 22.6 Å². The van der Waals surface area contributed by atoms with Crippen molar-refractivity contribution in [2.75, 3.05) is 32.5 Å². The number of nitrogens with zero attached hydrogens (tertiary/aromatic N) is 1. The van der Waals surface area contributed by atoms with Gasteiger partial charge in [0.15, 0.2) is 0 Å². The van der Waals surface area contributed by atoms with Crippen LogP contribution in [0.4, 0.5) is 10.5 Å².